The Labute approximate surface area is 148 Å². The lowest BCUT2D eigenvalue weighted by atomic mass is 10.2. The van der Waals surface area contributed by atoms with Gasteiger partial charge in [0.2, 0.25) is 5.91 Å². The molecule has 3 rings (SSSR count). The lowest BCUT2D eigenvalue weighted by Crippen LogP contribution is -2.34. The summed E-state index contributed by atoms with van der Waals surface area (Å²) < 4.78 is 34.1. The number of cyclic esters (lactones) is 1. The van der Waals surface area contributed by atoms with E-state index in [4.69, 9.17) is 4.74 Å². The Bertz CT molecular complexity index is 660. The fourth-order valence-electron chi connectivity index (χ4n) is 2.89. The summed E-state index contributed by atoms with van der Waals surface area (Å²) in [5.41, 5.74) is 0.0619. The van der Waals surface area contributed by atoms with Crippen molar-refractivity contribution < 1.29 is 23.1 Å². The van der Waals surface area contributed by atoms with Crippen molar-refractivity contribution >= 4 is 35.1 Å². The molecule has 0 bridgehead atoms. The van der Waals surface area contributed by atoms with Gasteiger partial charge in [-0.1, -0.05) is 0 Å². The maximum atomic E-state index is 14.5. The molecule has 2 amide bonds. The largest absolute Gasteiger partial charge is 0.442 e. The molecular formula is C16H19F2N3O3S. The van der Waals surface area contributed by atoms with Gasteiger partial charge in [-0.05, 0) is 0 Å². The third-order valence-electron chi connectivity index (χ3n) is 4.09. The number of benzene rings is 1. The van der Waals surface area contributed by atoms with Crippen LogP contribution in [0, 0.1) is 11.6 Å². The van der Waals surface area contributed by atoms with Gasteiger partial charge in [-0.25, -0.2) is 13.6 Å². The molecule has 25 heavy (non-hydrogen) atoms. The maximum absolute atomic E-state index is 14.5. The van der Waals surface area contributed by atoms with Crippen molar-refractivity contribution in [2.75, 3.05) is 47.5 Å². The van der Waals surface area contributed by atoms with Gasteiger partial charge >= 0.3 is 6.09 Å². The molecule has 0 radical (unpaired) electrons. The van der Waals surface area contributed by atoms with Crippen molar-refractivity contribution in [3.63, 3.8) is 0 Å². The number of hydrogen-bond donors (Lipinski definition) is 1. The Morgan fingerprint density at radius 2 is 1.96 bits per heavy atom. The Balaban J connectivity index is 1.76. The van der Waals surface area contributed by atoms with Crippen molar-refractivity contribution in [1.29, 1.82) is 0 Å². The minimum Gasteiger partial charge on any atom is -0.442 e. The molecule has 0 aromatic heterocycles. The molecule has 1 aromatic carbocycles. The zero-order valence-corrected chi connectivity index (χ0v) is 14.6. The van der Waals surface area contributed by atoms with Crippen LogP contribution in [0.25, 0.3) is 0 Å². The highest BCUT2D eigenvalue weighted by atomic mass is 32.2. The van der Waals surface area contributed by atoms with Crippen molar-refractivity contribution in [1.82, 2.24) is 5.32 Å². The predicted octanol–water partition coefficient (Wildman–Crippen LogP) is 1.98. The average Bonchev–Trinajstić information content (AvgIpc) is 2.94. The van der Waals surface area contributed by atoms with Crippen LogP contribution in [0.2, 0.25) is 0 Å². The number of hydrogen-bond acceptors (Lipinski definition) is 5. The summed E-state index contributed by atoms with van der Waals surface area (Å²) in [7, 11) is 0. The molecule has 0 spiro atoms. The Morgan fingerprint density at radius 1 is 1.32 bits per heavy atom. The monoisotopic (exact) mass is 371 g/mol. The number of thioether (sulfide) groups is 1. The van der Waals surface area contributed by atoms with Crippen molar-refractivity contribution in [2.24, 2.45) is 0 Å². The van der Waals surface area contributed by atoms with Gasteiger partial charge in [0.25, 0.3) is 0 Å². The quantitative estimate of drug-likeness (QED) is 0.877. The molecule has 136 valence electrons. The summed E-state index contributed by atoms with van der Waals surface area (Å²) >= 11 is 1.75. The molecule has 2 fully saturated rings. The van der Waals surface area contributed by atoms with Crippen molar-refractivity contribution in [3.8, 4) is 0 Å². The van der Waals surface area contributed by atoms with Crippen LogP contribution >= 0.6 is 11.8 Å². The topological polar surface area (TPSA) is 61.9 Å². The van der Waals surface area contributed by atoms with E-state index >= 15 is 0 Å². The highest BCUT2D eigenvalue weighted by Gasteiger charge is 2.33. The molecule has 2 aliphatic heterocycles. The molecule has 1 aromatic rings. The lowest BCUT2D eigenvalue weighted by Gasteiger charge is -2.29. The third-order valence-corrected chi connectivity index (χ3v) is 5.04. The Kier molecular flexibility index (Phi) is 5.31. The summed E-state index contributed by atoms with van der Waals surface area (Å²) in [4.78, 5) is 25.8. The van der Waals surface area contributed by atoms with E-state index in [9.17, 15) is 18.4 Å². The van der Waals surface area contributed by atoms with E-state index in [-0.39, 0.29) is 30.4 Å². The molecule has 2 aliphatic rings. The average molecular weight is 371 g/mol. The van der Waals surface area contributed by atoms with Crippen LogP contribution < -0.4 is 15.1 Å². The predicted molar refractivity (Wildman–Crippen MR) is 92.2 cm³/mol. The van der Waals surface area contributed by atoms with E-state index in [1.807, 2.05) is 0 Å². The van der Waals surface area contributed by atoms with E-state index in [1.165, 1.54) is 11.8 Å². The van der Waals surface area contributed by atoms with Gasteiger partial charge in [-0.2, -0.15) is 11.8 Å². The van der Waals surface area contributed by atoms with Gasteiger partial charge in [0.05, 0.1) is 18.8 Å². The molecule has 6 nitrogen and oxygen atoms in total. The third kappa shape index (κ3) is 3.97. The number of nitrogens with one attached hydrogen (secondary N) is 1. The van der Waals surface area contributed by atoms with Crippen LogP contribution in [-0.4, -0.2) is 55.8 Å². The fraction of sp³-hybridized carbons (Fsp3) is 0.500. The normalized spacial score (nSPS) is 20.6. The van der Waals surface area contributed by atoms with E-state index < -0.39 is 23.8 Å². The van der Waals surface area contributed by atoms with Gasteiger partial charge in [0.15, 0.2) is 11.6 Å². The van der Waals surface area contributed by atoms with Crippen LogP contribution in [0.4, 0.5) is 25.0 Å². The standard InChI is InChI=1S/C16H19F2N3O3S/c1-10(22)19-8-12-9-21(16(23)24-12)11-6-13(17)15(14(18)7-11)20-2-4-25-5-3-20/h6-7,12H,2-5,8-9H2,1H3,(H,19,22). The minimum atomic E-state index is -0.694. The summed E-state index contributed by atoms with van der Waals surface area (Å²) in [6.45, 7) is 2.81. The summed E-state index contributed by atoms with van der Waals surface area (Å²) in [6, 6.07) is 2.31. The molecule has 2 heterocycles. The van der Waals surface area contributed by atoms with E-state index in [0.29, 0.717) is 13.1 Å². The van der Waals surface area contributed by atoms with Crippen LogP contribution in [0.15, 0.2) is 12.1 Å². The Hall–Kier alpha value is -2.03. The summed E-state index contributed by atoms with van der Waals surface area (Å²) in [6.07, 6.45) is -1.24. The molecular weight excluding hydrogens is 352 g/mol. The van der Waals surface area contributed by atoms with Crippen LogP contribution in [0.1, 0.15) is 6.92 Å². The first-order valence-corrected chi connectivity index (χ1v) is 9.15. The van der Waals surface area contributed by atoms with Gasteiger partial charge in [-0.3, -0.25) is 9.69 Å². The second kappa shape index (κ2) is 7.47. The first kappa shape index (κ1) is 17.8. The van der Waals surface area contributed by atoms with Crippen molar-refractivity contribution in [2.45, 2.75) is 13.0 Å². The zero-order valence-electron chi connectivity index (χ0n) is 13.8. The number of rotatable bonds is 4. The highest BCUT2D eigenvalue weighted by Crippen LogP contribution is 2.32. The number of halogens is 2. The fourth-order valence-corrected chi connectivity index (χ4v) is 3.80. The van der Waals surface area contributed by atoms with Gasteiger partial charge in [0.1, 0.15) is 11.8 Å². The van der Waals surface area contributed by atoms with Crippen LogP contribution in [0.5, 0.6) is 0 Å². The number of ether oxygens (including phenoxy) is 1. The second-order valence-corrected chi connectivity index (χ2v) is 7.14. The lowest BCUT2D eigenvalue weighted by molar-refractivity contribution is -0.119. The first-order valence-electron chi connectivity index (χ1n) is 8.00. The van der Waals surface area contributed by atoms with Gasteiger partial charge in [0, 0.05) is 43.7 Å². The van der Waals surface area contributed by atoms with Gasteiger partial charge < -0.3 is 15.0 Å². The molecule has 9 heteroatoms. The van der Waals surface area contributed by atoms with Gasteiger partial charge in [-0.15, -0.1) is 0 Å². The molecule has 1 atom stereocenters. The number of amides is 2. The van der Waals surface area contributed by atoms with Crippen LogP contribution in [0.3, 0.4) is 0 Å². The number of carbonyl (C=O) groups excluding carboxylic acids is 2. The first-order chi connectivity index (χ1) is 12.0. The Morgan fingerprint density at radius 3 is 2.56 bits per heavy atom. The summed E-state index contributed by atoms with van der Waals surface area (Å²) in [5, 5.41) is 2.56. The number of nitrogens with zero attached hydrogens (tertiary/aromatic N) is 2. The van der Waals surface area contributed by atoms with E-state index in [2.05, 4.69) is 5.32 Å². The smallest absolute Gasteiger partial charge is 0.414 e. The van der Waals surface area contributed by atoms with E-state index in [1.54, 1.807) is 16.7 Å². The molecule has 0 aliphatic carbocycles. The summed E-state index contributed by atoms with van der Waals surface area (Å²) in [5.74, 6) is 0.0176. The maximum Gasteiger partial charge on any atom is 0.414 e. The van der Waals surface area contributed by atoms with Crippen LogP contribution in [-0.2, 0) is 9.53 Å². The van der Waals surface area contributed by atoms with E-state index in [0.717, 1.165) is 23.6 Å². The molecule has 2 saturated heterocycles. The SMILES string of the molecule is CC(=O)NCC1CN(c2cc(F)c(N3CCSCC3)c(F)c2)C(=O)O1. The molecule has 1 unspecified atom stereocenters. The molecule has 0 saturated carbocycles. The highest BCUT2D eigenvalue weighted by molar-refractivity contribution is 7.99. The minimum absolute atomic E-state index is 0.0496. The second-order valence-electron chi connectivity index (χ2n) is 5.91. The zero-order chi connectivity index (χ0) is 18.0. The number of anilines is 2. The number of carbonyl (C=O) groups is 2. The van der Waals surface area contributed by atoms with Crippen molar-refractivity contribution in [3.05, 3.63) is 23.8 Å². The molecule has 1 N–H and O–H groups in total.